The average Bonchev–Trinajstić information content (AvgIpc) is 2.65. The summed E-state index contributed by atoms with van der Waals surface area (Å²) in [6.45, 7) is 1.15. The van der Waals surface area contributed by atoms with E-state index in [1.807, 2.05) is 11.0 Å². The van der Waals surface area contributed by atoms with E-state index in [0.29, 0.717) is 18.9 Å². The molecule has 0 spiro atoms. The Bertz CT molecular complexity index is 1040. The number of aromatic nitrogens is 4. The summed E-state index contributed by atoms with van der Waals surface area (Å²) < 4.78 is 2.16. The van der Waals surface area contributed by atoms with Gasteiger partial charge in [-0.1, -0.05) is 0 Å². The number of nitrogens with zero attached hydrogens (tertiary/aromatic N) is 5. The predicted molar refractivity (Wildman–Crippen MR) is 95.4 cm³/mol. The Balaban J connectivity index is 1.92. The highest BCUT2D eigenvalue weighted by Crippen LogP contribution is 2.18. The van der Waals surface area contributed by atoms with E-state index < -0.39 is 11.2 Å². The number of piperidine rings is 1. The van der Waals surface area contributed by atoms with E-state index in [1.54, 1.807) is 0 Å². The van der Waals surface area contributed by atoms with Crippen LogP contribution in [0.25, 0.3) is 0 Å². The SMILES string of the molecule is Cn1c(N[C@H]2CCCN(c3ncc[nH]c3=O)C2)c(C#N)c(=O)n(C)c1=O. The maximum absolute atomic E-state index is 12.2. The van der Waals surface area contributed by atoms with E-state index in [4.69, 9.17) is 0 Å². The summed E-state index contributed by atoms with van der Waals surface area (Å²) in [5.74, 6) is 0.528. The quantitative estimate of drug-likeness (QED) is 0.730. The van der Waals surface area contributed by atoms with Crippen molar-refractivity contribution in [2.45, 2.75) is 18.9 Å². The Morgan fingerprint density at radius 1 is 1.31 bits per heavy atom. The summed E-state index contributed by atoms with van der Waals surface area (Å²) in [7, 11) is 2.85. The molecule has 2 N–H and O–H groups in total. The minimum atomic E-state index is -0.632. The molecule has 10 nitrogen and oxygen atoms in total. The van der Waals surface area contributed by atoms with Gasteiger partial charge < -0.3 is 15.2 Å². The smallest absolute Gasteiger partial charge is 0.332 e. The molecule has 1 aliphatic rings. The summed E-state index contributed by atoms with van der Waals surface area (Å²) in [6.07, 6.45) is 4.57. The first-order valence-electron chi connectivity index (χ1n) is 8.19. The molecule has 0 unspecified atom stereocenters. The van der Waals surface area contributed by atoms with Crippen molar-refractivity contribution in [1.82, 2.24) is 19.1 Å². The largest absolute Gasteiger partial charge is 0.366 e. The number of H-pyrrole nitrogens is 1. The molecule has 0 saturated carbocycles. The zero-order valence-electron chi connectivity index (χ0n) is 14.5. The highest BCUT2D eigenvalue weighted by molar-refractivity contribution is 5.52. The van der Waals surface area contributed by atoms with Gasteiger partial charge in [-0.3, -0.25) is 18.7 Å². The lowest BCUT2D eigenvalue weighted by molar-refractivity contribution is 0.520. The first kappa shape index (κ1) is 17.5. The van der Waals surface area contributed by atoms with Gasteiger partial charge in [0.05, 0.1) is 0 Å². The number of nitrogens with one attached hydrogen (secondary N) is 2. The van der Waals surface area contributed by atoms with Crippen LogP contribution in [0.1, 0.15) is 18.4 Å². The highest BCUT2D eigenvalue weighted by atomic mass is 16.2. The maximum Gasteiger partial charge on any atom is 0.332 e. The number of rotatable bonds is 3. The van der Waals surface area contributed by atoms with Crippen LogP contribution in [0, 0.1) is 11.3 Å². The number of aromatic amines is 1. The molecule has 136 valence electrons. The lowest BCUT2D eigenvalue weighted by atomic mass is 10.1. The molecule has 1 aliphatic heterocycles. The fourth-order valence-electron chi connectivity index (χ4n) is 3.16. The van der Waals surface area contributed by atoms with Crippen LogP contribution in [0.3, 0.4) is 0 Å². The Morgan fingerprint density at radius 3 is 2.77 bits per heavy atom. The van der Waals surface area contributed by atoms with Crippen LogP contribution in [-0.4, -0.2) is 38.2 Å². The molecule has 0 aliphatic carbocycles. The topological polar surface area (TPSA) is 129 Å². The van der Waals surface area contributed by atoms with Gasteiger partial charge in [-0.15, -0.1) is 0 Å². The monoisotopic (exact) mass is 357 g/mol. The molecule has 0 amide bonds. The first-order valence-corrected chi connectivity index (χ1v) is 8.19. The fourth-order valence-corrected chi connectivity index (χ4v) is 3.16. The van der Waals surface area contributed by atoms with Crippen LogP contribution in [0.5, 0.6) is 0 Å². The molecule has 1 atom stereocenters. The molecule has 3 heterocycles. The number of nitriles is 1. The molecule has 1 fully saturated rings. The molecule has 0 aromatic carbocycles. The average molecular weight is 357 g/mol. The molecule has 2 aromatic heterocycles. The van der Waals surface area contributed by atoms with Gasteiger partial charge >= 0.3 is 5.69 Å². The van der Waals surface area contributed by atoms with Crippen molar-refractivity contribution in [2.75, 3.05) is 23.3 Å². The van der Waals surface area contributed by atoms with Gasteiger partial charge in [0.25, 0.3) is 11.1 Å². The Morgan fingerprint density at radius 2 is 2.08 bits per heavy atom. The predicted octanol–water partition coefficient (Wildman–Crippen LogP) is -0.880. The Hall–Kier alpha value is -3.35. The second-order valence-electron chi connectivity index (χ2n) is 6.21. The van der Waals surface area contributed by atoms with Crippen molar-refractivity contribution in [1.29, 1.82) is 5.26 Å². The summed E-state index contributed by atoms with van der Waals surface area (Å²) in [5.41, 5.74) is -1.52. The summed E-state index contributed by atoms with van der Waals surface area (Å²) in [5, 5.41) is 12.5. The Labute approximate surface area is 148 Å². The van der Waals surface area contributed by atoms with E-state index in [9.17, 15) is 19.6 Å². The molecule has 0 radical (unpaired) electrons. The highest BCUT2D eigenvalue weighted by Gasteiger charge is 2.25. The summed E-state index contributed by atoms with van der Waals surface area (Å²) in [4.78, 5) is 44.9. The molecular weight excluding hydrogens is 338 g/mol. The minimum absolute atomic E-state index is 0.109. The molecule has 3 rings (SSSR count). The van der Waals surface area contributed by atoms with E-state index in [2.05, 4.69) is 15.3 Å². The molecular formula is C16H19N7O3. The van der Waals surface area contributed by atoms with Crippen molar-refractivity contribution in [3.8, 4) is 6.07 Å². The zero-order valence-corrected chi connectivity index (χ0v) is 14.5. The van der Waals surface area contributed by atoms with Gasteiger partial charge in [0.15, 0.2) is 11.4 Å². The van der Waals surface area contributed by atoms with Gasteiger partial charge in [0.1, 0.15) is 11.9 Å². The van der Waals surface area contributed by atoms with E-state index >= 15 is 0 Å². The molecule has 26 heavy (non-hydrogen) atoms. The maximum atomic E-state index is 12.2. The lowest BCUT2D eigenvalue weighted by Gasteiger charge is -2.34. The fraction of sp³-hybridized carbons (Fsp3) is 0.438. The van der Waals surface area contributed by atoms with Crippen LogP contribution in [0.4, 0.5) is 11.6 Å². The van der Waals surface area contributed by atoms with Gasteiger partial charge in [-0.2, -0.15) is 5.26 Å². The number of hydrogen-bond acceptors (Lipinski definition) is 7. The van der Waals surface area contributed by atoms with Gasteiger partial charge in [-0.25, -0.2) is 9.78 Å². The third-order valence-corrected chi connectivity index (χ3v) is 4.53. The molecule has 2 aromatic rings. The van der Waals surface area contributed by atoms with Crippen molar-refractivity contribution in [3.63, 3.8) is 0 Å². The second kappa shape index (κ2) is 6.87. The van der Waals surface area contributed by atoms with Crippen molar-refractivity contribution >= 4 is 11.6 Å². The van der Waals surface area contributed by atoms with E-state index in [-0.39, 0.29) is 23.0 Å². The normalized spacial score (nSPS) is 17.0. The molecule has 1 saturated heterocycles. The van der Waals surface area contributed by atoms with Gasteiger partial charge in [0, 0.05) is 45.6 Å². The number of anilines is 2. The first-order chi connectivity index (χ1) is 12.4. The summed E-state index contributed by atoms with van der Waals surface area (Å²) >= 11 is 0. The third kappa shape index (κ3) is 2.99. The summed E-state index contributed by atoms with van der Waals surface area (Å²) in [6, 6.07) is 1.73. The van der Waals surface area contributed by atoms with Crippen molar-refractivity contribution < 1.29 is 0 Å². The van der Waals surface area contributed by atoms with Crippen LogP contribution in [0.15, 0.2) is 26.8 Å². The van der Waals surface area contributed by atoms with Crippen LogP contribution in [-0.2, 0) is 14.1 Å². The molecule has 0 bridgehead atoms. The standard InChI is InChI=1S/C16H19N7O3/c1-21-12(11(8-17)15(25)22(2)16(21)26)20-10-4-3-7-23(9-10)13-14(24)19-6-5-18-13/h5-6,10,20H,3-4,7,9H2,1-2H3,(H,19,24)/t10-/m0/s1. The minimum Gasteiger partial charge on any atom is -0.366 e. The third-order valence-electron chi connectivity index (χ3n) is 4.53. The zero-order chi connectivity index (χ0) is 18.8. The van der Waals surface area contributed by atoms with E-state index in [0.717, 1.165) is 17.4 Å². The van der Waals surface area contributed by atoms with Crippen LogP contribution in [0.2, 0.25) is 0 Å². The van der Waals surface area contributed by atoms with Gasteiger partial charge in [0.2, 0.25) is 0 Å². The lowest BCUT2D eigenvalue weighted by Crippen LogP contribution is -2.46. The van der Waals surface area contributed by atoms with Gasteiger partial charge in [-0.05, 0) is 12.8 Å². The van der Waals surface area contributed by atoms with Crippen molar-refractivity contribution in [2.24, 2.45) is 14.1 Å². The Kier molecular flexibility index (Phi) is 4.62. The second-order valence-corrected chi connectivity index (χ2v) is 6.21. The molecule has 10 heteroatoms. The van der Waals surface area contributed by atoms with E-state index in [1.165, 1.54) is 31.1 Å². The van der Waals surface area contributed by atoms with Crippen LogP contribution >= 0.6 is 0 Å². The van der Waals surface area contributed by atoms with Crippen molar-refractivity contribution in [3.05, 3.63) is 49.1 Å². The van der Waals surface area contributed by atoms with Crippen LogP contribution < -0.4 is 27.0 Å². The number of hydrogen-bond donors (Lipinski definition) is 2.